The van der Waals surface area contributed by atoms with Crippen molar-refractivity contribution in [3.05, 3.63) is 30.1 Å². The molecule has 0 aromatic heterocycles. The first-order valence-corrected chi connectivity index (χ1v) is 10.5. The molecule has 9 heteroatoms. The third kappa shape index (κ3) is 4.14. The maximum absolute atomic E-state index is 13.0. The van der Waals surface area contributed by atoms with Gasteiger partial charge in [-0.25, -0.2) is 12.8 Å². The van der Waals surface area contributed by atoms with Crippen molar-refractivity contribution in [2.24, 2.45) is 11.8 Å². The van der Waals surface area contributed by atoms with Gasteiger partial charge in [0.25, 0.3) is 0 Å². The van der Waals surface area contributed by atoms with E-state index in [2.05, 4.69) is 0 Å². The Balaban J connectivity index is 1.65. The van der Waals surface area contributed by atoms with Crippen LogP contribution in [0.2, 0.25) is 0 Å². The van der Waals surface area contributed by atoms with Gasteiger partial charge in [0.15, 0.2) is 0 Å². The third-order valence-corrected chi connectivity index (χ3v) is 7.30. The van der Waals surface area contributed by atoms with Crippen LogP contribution in [0.3, 0.4) is 0 Å². The summed E-state index contributed by atoms with van der Waals surface area (Å²) >= 11 is 0. The molecule has 2 fully saturated rings. The van der Waals surface area contributed by atoms with Crippen molar-refractivity contribution < 1.29 is 27.5 Å². The minimum Gasteiger partial charge on any atom is -0.550 e. The Labute approximate surface area is 157 Å². The highest BCUT2D eigenvalue weighted by Gasteiger charge is 2.37. The van der Waals surface area contributed by atoms with Crippen molar-refractivity contribution in [2.75, 3.05) is 26.2 Å². The molecular formula is C18H22FN2O5S-. The molecule has 0 spiro atoms. The van der Waals surface area contributed by atoms with Crippen LogP contribution in [0.25, 0.3) is 0 Å². The molecule has 0 radical (unpaired) electrons. The van der Waals surface area contributed by atoms with E-state index in [4.69, 9.17) is 0 Å². The predicted octanol–water partition coefficient (Wildman–Crippen LogP) is 0.215. The molecule has 2 aliphatic rings. The molecule has 148 valence electrons. The molecule has 1 saturated heterocycles. The number of aliphatic carboxylic acids is 1. The van der Waals surface area contributed by atoms with Gasteiger partial charge in [-0.3, -0.25) is 4.79 Å². The largest absolute Gasteiger partial charge is 0.550 e. The van der Waals surface area contributed by atoms with E-state index < -0.39 is 33.6 Å². The van der Waals surface area contributed by atoms with Gasteiger partial charge in [0.2, 0.25) is 15.9 Å². The van der Waals surface area contributed by atoms with E-state index in [1.54, 1.807) is 4.90 Å². The summed E-state index contributed by atoms with van der Waals surface area (Å²) in [6.07, 6.45) is 2.54. The van der Waals surface area contributed by atoms with Crippen molar-refractivity contribution >= 4 is 21.9 Å². The fraction of sp³-hybridized carbons (Fsp3) is 0.556. The number of sulfonamides is 1. The molecule has 1 amide bonds. The number of carboxylic acids is 1. The lowest BCUT2D eigenvalue weighted by Crippen LogP contribution is -2.54. The second kappa shape index (κ2) is 7.93. The van der Waals surface area contributed by atoms with Crippen LogP contribution in [-0.4, -0.2) is 55.7 Å². The van der Waals surface area contributed by atoms with E-state index >= 15 is 0 Å². The van der Waals surface area contributed by atoms with Gasteiger partial charge in [-0.2, -0.15) is 4.31 Å². The van der Waals surface area contributed by atoms with Gasteiger partial charge < -0.3 is 14.8 Å². The van der Waals surface area contributed by atoms with E-state index in [1.807, 2.05) is 0 Å². The average Bonchev–Trinajstić information content (AvgIpc) is 2.68. The third-order valence-electron chi connectivity index (χ3n) is 5.39. The Morgan fingerprint density at radius 1 is 0.963 bits per heavy atom. The Morgan fingerprint density at radius 2 is 1.52 bits per heavy atom. The number of hydrogen-bond donors (Lipinski definition) is 0. The summed E-state index contributed by atoms with van der Waals surface area (Å²) in [5, 5.41) is 11.3. The first-order valence-electron chi connectivity index (χ1n) is 9.06. The summed E-state index contributed by atoms with van der Waals surface area (Å²) in [6, 6.07) is 4.62. The molecule has 1 heterocycles. The Morgan fingerprint density at radius 3 is 2.07 bits per heavy atom. The molecule has 1 aliphatic carbocycles. The summed E-state index contributed by atoms with van der Waals surface area (Å²) in [5.41, 5.74) is 0. The van der Waals surface area contributed by atoms with E-state index in [1.165, 1.54) is 16.4 Å². The summed E-state index contributed by atoms with van der Waals surface area (Å²) in [6.45, 7) is 0.646. The molecule has 1 aromatic rings. The van der Waals surface area contributed by atoms with Gasteiger partial charge in [-0.05, 0) is 37.1 Å². The van der Waals surface area contributed by atoms with Crippen molar-refractivity contribution in [1.29, 1.82) is 0 Å². The molecule has 0 unspecified atom stereocenters. The normalized spacial score (nSPS) is 24.6. The fourth-order valence-corrected chi connectivity index (χ4v) is 5.27. The minimum absolute atomic E-state index is 0.00738. The van der Waals surface area contributed by atoms with Crippen LogP contribution in [0, 0.1) is 17.7 Å². The first-order chi connectivity index (χ1) is 12.8. The van der Waals surface area contributed by atoms with E-state index in [0.717, 1.165) is 25.0 Å². The molecule has 27 heavy (non-hydrogen) atoms. The highest BCUT2D eigenvalue weighted by molar-refractivity contribution is 7.89. The highest BCUT2D eigenvalue weighted by atomic mass is 32.2. The number of amides is 1. The second-order valence-corrected chi connectivity index (χ2v) is 8.94. The molecule has 0 bridgehead atoms. The maximum Gasteiger partial charge on any atom is 0.243 e. The van der Waals surface area contributed by atoms with Crippen LogP contribution in [0.5, 0.6) is 0 Å². The molecule has 2 atom stereocenters. The standard InChI is InChI=1S/C18H23FN2O5S/c19-13-5-7-14(8-6-13)27(25,26)21-11-9-20(10-12-21)17(22)15-3-1-2-4-16(15)18(23)24/h5-8,15-16H,1-4,9-12H2,(H,23,24)/p-1/t15-,16+/m0/s1. The predicted molar refractivity (Wildman–Crippen MR) is 92.2 cm³/mol. The van der Waals surface area contributed by atoms with Gasteiger partial charge in [0.1, 0.15) is 5.82 Å². The van der Waals surface area contributed by atoms with Crippen LogP contribution < -0.4 is 5.11 Å². The number of benzene rings is 1. The smallest absolute Gasteiger partial charge is 0.243 e. The number of piperazine rings is 1. The maximum atomic E-state index is 13.0. The first kappa shape index (κ1) is 19.8. The molecule has 1 aromatic carbocycles. The Hall–Kier alpha value is -2.00. The van der Waals surface area contributed by atoms with Gasteiger partial charge in [0.05, 0.1) is 4.90 Å². The average molecular weight is 397 g/mol. The topological polar surface area (TPSA) is 97.8 Å². The lowest BCUT2D eigenvalue weighted by atomic mass is 9.78. The van der Waals surface area contributed by atoms with Crippen LogP contribution in [0.1, 0.15) is 25.7 Å². The zero-order valence-electron chi connectivity index (χ0n) is 14.8. The molecule has 1 saturated carbocycles. The summed E-state index contributed by atoms with van der Waals surface area (Å²) in [7, 11) is -3.75. The second-order valence-electron chi connectivity index (χ2n) is 7.00. The number of carbonyl (C=O) groups is 2. The van der Waals surface area contributed by atoms with Crippen LogP contribution >= 0.6 is 0 Å². The van der Waals surface area contributed by atoms with Crippen LogP contribution in [0.4, 0.5) is 4.39 Å². The van der Waals surface area contributed by atoms with E-state index in [9.17, 15) is 27.5 Å². The van der Waals surface area contributed by atoms with Crippen LogP contribution in [-0.2, 0) is 19.6 Å². The number of halogens is 1. The zero-order valence-corrected chi connectivity index (χ0v) is 15.7. The van der Waals surface area contributed by atoms with E-state index in [0.29, 0.717) is 12.8 Å². The number of carbonyl (C=O) groups excluding carboxylic acids is 2. The highest BCUT2D eigenvalue weighted by Crippen LogP contribution is 2.31. The van der Waals surface area contributed by atoms with Crippen molar-refractivity contribution in [1.82, 2.24) is 9.21 Å². The molecular weight excluding hydrogens is 375 g/mol. The van der Waals surface area contributed by atoms with Crippen molar-refractivity contribution in [3.63, 3.8) is 0 Å². The van der Waals surface area contributed by atoms with Crippen molar-refractivity contribution in [3.8, 4) is 0 Å². The van der Waals surface area contributed by atoms with E-state index in [-0.39, 0.29) is 37.0 Å². The summed E-state index contributed by atoms with van der Waals surface area (Å²) in [5.74, 6) is -3.30. The van der Waals surface area contributed by atoms with Gasteiger partial charge in [-0.15, -0.1) is 0 Å². The molecule has 7 nitrogen and oxygen atoms in total. The summed E-state index contributed by atoms with van der Waals surface area (Å²) in [4.78, 5) is 25.6. The quantitative estimate of drug-likeness (QED) is 0.724. The van der Waals surface area contributed by atoms with Gasteiger partial charge in [0, 0.05) is 44.0 Å². The van der Waals surface area contributed by atoms with Crippen molar-refractivity contribution in [2.45, 2.75) is 30.6 Å². The van der Waals surface area contributed by atoms with Gasteiger partial charge in [-0.1, -0.05) is 12.8 Å². The lowest BCUT2D eigenvalue weighted by Gasteiger charge is -2.39. The molecule has 3 rings (SSSR count). The SMILES string of the molecule is O=C([O-])[C@@H]1CCCC[C@@H]1C(=O)N1CCN(S(=O)(=O)c2ccc(F)cc2)CC1. The molecule has 1 aliphatic heterocycles. The Bertz CT molecular complexity index is 804. The van der Waals surface area contributed by atoms with Crippen LogP contribution in [0.15, 0.2) is 29.2 Å². The summed E-state index contributed by atoms with van der Waals surface area (Å²) < 4.78 is 39.6. The number of nitrogens with zero attached hydrogens (tertiary/aromatic N) is 2. The zero-order chi connectivity index (χ0) is 19.6. The monoisotopic (exact) mass is 397 g/mol. The minimum atomic E-state index is -3.75. The Kier molecular flexibility index (Phi) is 5.81. The number of rotatable bonds is 4. The number of carboxylic acid groups (broad SMARTS) is 1. The lowest BCUT2D eigenvalue weighted by molar-refractivity contribution is -0.314. The fourth-order valence-electron chi connectivity index (χ4n) is 3.85. The molecule has 0 N–H and O–H groups in total. The van der Waals surface area contributed by atoms with Gasteiger partial charge >= 0.3 is 0 Å². The number of hydrogen-bond acceptors (Lipinski definition) is 5.